The number of alkyl halides is 2. The largest absolute Gasteiger partial charge is 0.462 e. The molecule has 104 valence electrons. The average molecular weight is 270 g/mol. The van der Waals surface area contributed by atoms with E-state index in [4.69, 9.17) is 10.5 Å². The minimum atomic E-state index is -2.88. The Morgan fingerprint density at radius 3 is 2.58 bits per heavy atom. The van der Waals surface area contributed by atoms with Crippen molar-refractivity contribution in [1.29, 1.82) is 0 Å². The van der Waals surface area contributed by atoms with Crippen molar-refractivity contribution in [2.45, 2.75) is 25.4 Å². The molecule has 0 amide bonds. The topological polar surface area (TPSA) is 55.6 Å². The van der Waals surface area contributed by atoms with E-state index in [1.54, 1.807) is 31.2 Å². The summed E-state index contributed by atoms with van der Waals surface area (Å²) >= 11 is 0. The fourth-order valence-corrected chi connectivity index (χ4v) is 2.08. The number of rotatable bonds is 3. The minimum absolute atomic E-state index is 0.201. The monoisotopic (exact) mass is 270 g/mol. The third kappa shape index (κ3) is 2.68. The molecule has 0 spiro atoms. The number of halogens is 2. The van der Waals surface area contributed by atoms with Crippen LogP contribution in [0.2, 0.25) is 0 Å². The lowest BCUT2D eigenvalue weighted by Crippen LogP contribution is -2.46. The van der Waals surface area contributed by atoms with E-state index < -0.39 is 18.1 Å². The molecule has 1 aliphatic rings. The van der Waals surface area contributed by atoms with Crippen molar-refractivity contribution in [1.82, 2.24) is 0 Å². The second-order valence-corrected chi connectivity index (χ2v) is 4.42. The molecule has 1 heterocycles. The molecule has 0 radical (unpaired) electrons. The molecule has 2 N–H and O–H groups in total. The SMILES string of the molecule is CCOC(=O)c1ccc(N2CCC(F)(F)C2N)cc1. The van der Waals surface area contributed by atoms with E-state index in [1.165, 1.54) is 4.90 Å². The Bertz CT molecular complexity index is 462. The molecule has 1 fully saturated rings. The molecule has 0 aliphatic carbocycles. The van der Waals surface area contributed by atoms with E-state index in [9.17, 15) is 13.6 Å². The van der Waals surface area contributed by atoms with Crippen molar-refractivity contribution in [3.8, 4) is 0 Å². The van der Waals surface area contributed by atoms with E-state index in [-0.39, 0.29) is 13.0 Å². The van der Waals surface area contributed by atoms with Crippen LogP contribution in [-0.4, -0.2) is 31.2 Å². The fraction of sp³-hybridized carbons (Fsp3) is 0.462. The van der Waals surface area contributed by atoms with Crippen LogP contribution in [0.3, 0.4) is 0 Å². The van der Waals surface area contributed by atoms with E-state index in [0.717, 1.165) is 0 Å². The molecule has 1 atom stereocenters. The Hall–Kier alpha value is -1.69. The van der Waals surface area contributed by atoms with Crippen LogP contribution in [0.4, 0.5) is 14.5 Å². The molecule has 1 aromatic rings. The van der Waals surface area contributed by atoms with Crippen LogP contribution >= 0.6 is 0 Å². The van der Waals surface area contributed by atoms with Crippen LogP contribution < -0.4 is 10.6 Å². The van der Waals surface area contributed by atoms with Gasteiger partial charge in [-0.2, -0.15) is 0 Å². The van der Waals surface area contributed by atoms with Gasteiger partial charge in [0.1, 0.15) is 6.17 Å². The lowest BCUT2D eigenvalue weighted by molar-refractivity contribution is -0.00517. The first-order valence-corrected chi connectivity index (χ1v) is 6.13. The molecular formula is C13H16F2N2O2. The highest BCUT2D eigenvalue weighted by molar-refractivity contribution is 5.89. The summed E-state index contributed by atoms with van der Waals surface area (Å²) < 4.78 is 31.5. The van der Waals surface area contributed by atoms with Crippen LogP contribution in [0.1, 0.15) is 23.7 Å². The Balaban J connectivity index is 2.13. The number of hydrogen-bond donors (Lipinski definition) is 1. The van der Waals surface area contributed by atoms with Crippen molar-refractivity contribution in [2.24, 2.45) is 5.73 Å². The highest BCUT2D eigenvalue weighted by Gasteiger charge is 2.46. The molecule has 6 heteroatoms. The minimum Gasteiger partial charge on any atom is -0.462 e. The number of anilines is 1. The number of carbonyl (C=O) groups excluding carboxylic acids is 1. The summed E-state index contributed by atoms with van der Waals surface area (Å²) in [6.45, 7) is 2.22. The van der Waals surface area contributed by atoms with Crippen molar-refractivity contribution in [2.75, 3.05) is 18.1 Å². The van der Waals surface area contributed by atoms with Crippen molar-refractivity contribution in [3.05, 3.63) is 29.8 Å². The van der Waals surface area contributed by atoms with Crippen molar-refractivity contribution in [3.63, 3.8) is 0 Å². The average Bonchev–Trinajstić information content (AvgIpc) is 2.65. The van der Waals surface area contributed by atoms with Gasteiger partial charge in [0.15, 0.2) is 0 Å². The normalized spacial score (nSPS) is 21.5. The number of esters is 1. The Labute approximate surface area is 110 Å². The predicted octanol–water partition coefficient (Wildman–Crippen LogP) is 1.99. The summed E-state index contributed by atoms with van der Waals surface area (Å²) in [6.07, 6.45) is -1.57. The molecule has 0 saturated carbocycles. The second kappa shape index (κ2) is 5.13. The Kier molecular flexibility index (Phi) is 3.71. The van der Waals surface area contributed by atoms with Gasteiger partial charge in [-0.3, -0.25) is 0 Å². The highest BCUT2D eigenvalue weighted by Crippen LogP contribution is 2.34. The summed E-state index contributed by atoms with van der Waals surface area (Å²) in [5, 5.41) is 0. The zero-order valence-electron chi connectivity index (χ0n) is 10.6. The summed E-state index contributed by atoms with van der Waals surface area (Å²) in [5.41, 5.74) is 6.49. The van der Waals surface area contributed by atoms with Crippen LogP contribution in [0.15, 0.2) is 24.3 Å². The van der Waals surface area contributed by atoms with Gasteiger partial charge in [0.2, 0.25) is 0 Å². The number of benzene rings is 1. The number of hydrogen-bond acceptors (Lipinski definition) is 4. The molecule has 19 heavy (non-hydrogen) atoms. The van der Waals surface area contributed by atoms with E-state index in [2.05, 4.69) is 0 Å². The zero-order chi connectivity index (χ0) is 14.0. The molecule has 1 unspecified atom stereocenters. The Morgan fingerprint density at radius 2 is 2.11 bits per heavy atom. The quantitative estimate of drug-likeness (QED) is 0.853. The molecular weight excluding hydrogens is 254 g/mol. The first kappa shape index (κ1) is 13.7. The van der Waals surface area contributed by atoms with Gasteiger partial charge in [0.25, 0.3) is 5.92 Å². The first-order chi connectivity index (χ1) is 8.95. The van der Waals surface area contributed by atoms with E-state index >= 15 is 0 Å². The van der Waals surface area contributed by atoms with Gasteiger partial charge >= 0.3 is 5.97 Å². The summed E-state index contributed by atoms with van der Waals surface area (Å²) in [4.78, 5) is 12.9. The fourth-order valence-electron chi connectivity index (χ4n) is 2.08. The lowest BCUT2D eigenvalue weighted by Gasteiger charge is -2.25. The van der Waals surface area contributed by atoms with Crippen LogP contribution in [0.25, 0.3) is 0 Å². The van der Waals surface area contributed by atoms with Gasteiger partial charge in [-0.1, -0.05) is 0 Å². The predicted molar refractivity (Wildman–Crippen MR) is 67.3 cm³/mol. The maximum atomic E-state index is 13.3. The maximum absolute atomic E-state index is 13.3. The van der Waals surface area contributed by atoms with Gasteiger partial charge in [-0.05, 0) is 31.2 Å². The van der Waals surface area contributed by atoms with Crippen molar-refractivity contribution >= 4 is 11.7 Å². The third-order valence-corrected chi connectivity index (χ3v) is 3.16. The summed E-state index contributed by atoms with van der Waals surface area (Å²) in [5.74, 6) is -3.30. The number of nitrogens with two attached hydrogens (primary N) is 1. The third-order valence-electron chi connectivity index (χ3n) is 3.16. The molecule has 1 aromatic carbocycles. The molecule has 1 aliphatic heterocycles. The van der Waals surface area contributed by atoms with Gasteiger partial charge in [0, 0.05) is 18.7 Å². The molecule has 0 bridgehead atoms. The molecule has 4 nitrogen and oxygen atoms in total. The zero-order valence-corrected chi connectivity index (χ0v) is 10.6. The van der Waals surface area contributed by atoms with Gasteiger partial charge in [-0.25, -0.2) is 13.6 Å². The molecule has 2 rings (SSSR count). The second-order valence-electron chi connectivity index (χ2n) is 4.42. The maximum Gasteiger partial charge on any atom is 0.338 e. The van der Waals surface area contributed by atoms with Gasteiger partial charge < -0.3 is 15.4 Å². The highest BCUT2D eigenvalue weighted by atomic mass is 19.3. The number of ether oxygens (including phenoxy) is 1. The van der Waals surface area contributed by atoms with Crippen LogP contribution in [0.5, 0.6) is 0 Å². The van der Waals surface area contributed by atoms with Crippen molar-refractivity contribution < 1.29 is 18.3 Å². The Morgan fingerprint density at radius 1 is 1.47 bits per heavy atom. The van der Waals surface area contributed by atoms with Gasteiger partial charge in [0.05, 0.1) is 12.2 Å². The molecule has 0 aromatic heterocycles. The van der Waals surface area contributed by atoms with E-state index in [0.29, 0.717) is 17.9 Å². The number of nitrogens with zero attached hydrogens (tertiary/aromatic N) is 1. The van der Waals surface area contributed by atoms with Crippen LogP contribution in [-0.2, 0) is 4.74 Å². The van der Waals surface area contributed by atoms with E-state index in [1.807, 2.05) is 0 Å². The van der Waals surface area contributed by atoms with Gasteiger partial charge in [-0.15, -0.1) is 0 Å². The lowest BCUT2D eigenvalue weighted by atomic mass is 10.2. The molecule has 1 saturated heterocycles. The first-order valence-electron chi connectivity index (χ1n) is 6.13. The smallest absolute Gasteiger partial charge is 0.338 e. The summed E-state index contributed by atoms with van der Waals surface area (Å²) in [6, 6.07) is 6.31. The summed E-state index contributed by atoms with van der Waals surface area (Å²) in [7, 11) is 0. The van der Waals surface area contributed by atoms with Crippen LogP contribution in [0, 0.1) is 0 Å². The number of carbonyl (C=O) groups is 1. The standard InChI is InChI=1S/C13H16F2N2O2/c1-2-19-11(18)9-3-5-10(6-4-9)17-8-7-13(14,15)12(17)16/h3-6,12H,2,7-8,16H2,1H3.